The monoisotopic (exact) mass is 193 g/mol. The van der Waals surface area contributed by atoms with Crippen molar-refractivity contribution in [1.29, 1.82) is 0 Å². The Balaban J connectivity index is 2.13. The summed E-state index contributed by atoms with van der Waals surface area (Å²) in [6.07, 6.45) is 2.62. The molecule has 76 valence electrons. The number of carbonyl (C=O) groups excluding carboxylic acids is 1. The van der Waals surface area contributed by atoms with Gasteiger partial charge >= 0.3 is 0 Å². The van der Waals surface area contributed by atoms with Gasteiger partial charge in [-0.15, -0.1) is 0 Å². The summed E-state index contributed by atoms with van der Waals surface area (Å²) in [7, 11) is 1.63. The van der Waals surface area contributed by atoms with E-state index in [0.29, 0.717) is 6.54 Å². The molecule has 0 bridgehead atoms. The summed E-state index contributed by atoms with van der Waals surface area (Å²) in [4.78, 5) is 15.0. The van der Waals surface area contributed by atoms with Gasteiger partial charge in [0.2, 0.25) is 5.91 Å². The van der Waals surface area contributed by atoms with E-state index < -0.39 is 0 Å². The maximum absolute atomic E-state index is 10.8. The molecule has 0 spiro atoms. The highest BCUT2D eigenvalue weighted by Crippen LogP contribution is 1.92. The van der Waals surface area contributed by atoms with Crippen LogP contribution in [-0.4, -0.2) is 31.0 Å². The molecule has 1 aromatic heterocycles. The fraction of sp³-hybridized carbons (Fsp3) is 0.400. The highest BCUT2D eigenvalue weighted by atomic mass is 16.1. The van der Waals surface area contributed by atoms with Gasteiger partial charge < -0.3 is 10.6 Å². The quantitative estimate of drug-likeness (QED) is 0.645. The second-order valence-electron chi connectivity index (χ2n) is 2.92. The van der Waals surface area contributed by atoms with Crippen LogP contribution >= 0.6 is 0 Å². The molecule has 4 heteroatoms. The zero-order valence-electron chi connectivity index (χ0n) is 8.29. The summed E-state index contributed by atoms with van der Waals surface area (Å²) in [6, 6.07) is 5.82. The van der Waals surface area contributed by atoms with Gasteiger partial charge in [-0.3, -0.25) is 9.78 Å². The van der Waals surface area contributed by atoms with Crippen LogP contribution in [0.2, 0.25) is 0 Å². The number of rotatable bonds is 5. The van der Waals surface area contributed by atoms with Crippen LogP contribution in [0, 0.1) is 0 Å². The average Bonchev–Trinajstić information content (AvgIpc) is 2.25. The van der Waals surface area contributed by atoms with Crippen LogP contribution in [0.5, 0.6) is 0 Å². The second-order valence-corrected chi connectivity index (χ2v) is 2.92. The molecule has 0 radical (unpaired) electrons. The number of likely N-dealkylation sites (N-methyl/N-ethyl adjacent to an activating group) is 1. The van der Waals surface area contributed by atoms with E-state index in [4.69, 9.17) is 0 Å². The Morgan fingerprint density at radius 3 is 3.00 bits per heavy atom. The molecule has 2 N–H and O–H groups in total. The summed E-state index contributed by atoms with van der Waals surface area (Å²) in [5.74, 6) is 0.00557. The van der Waals surface area contributed by atoms with Gasteiger partial charge in [-0.1, -0.05) is 6.07 Å². The topological polar surface area (TPSA) is 54.0 Å². The smallest absolute Gasteiger partial charge is 0.233 e. The van der Waals surface area contributed by atoms with E-state index in [1.807, 2.05) is 18.2 Å². The number of amides is 1. The molecule has 0 aliphatic carbocycles. The van der Waals surface area contributed by atoms with E-state index in [-0.39, 0.29) is 5.91 Å². The summed E-state index contributed by atoms with van der Waals surface area (Å²) in [6.45, 7) is 1.13. The first-order chi connectivity index (χ1) is 6.83. The molecule has 1 aromatic rings. The van der Waals surface area contributed by atoms with Crippen molar-refractivity contribution in [2.75, 3.05) is 20.1 Å². The molecule has 1 heterocycles. The summed E-state index contributed by atoms with van der Waals surface area (Å²) < 4.78 is 0. The molecule has 0 aliphatic heterocycles. The fourth-order valence-corrected chi connectivity index (χ4v) is 1.05. The van der Waals surface area contributed by atoms with Gasteiger partial charge in [-0.05, 0) is 12.1 Å². The number of hydrogen-bond acceptors (Lipinski definition) is 3. The van der Waals surface area contributed by atoms with Crippen LogP contribution in [0.25, 0.3) is 0 Å². The first-order valence-corrected chi connectivity index (χ1v) is 4.64. The first-order valence-electron chi connectivity index (χ1n) is 4.64. The summed E-state index contributed by atoms with van der Waals surface area (Å²) >= 11 is 0. The Hall–Kier alpha value is -1.42. The van der Waals surface area contributed by atoms with Crippen molar-refractivity contribution in [1.82, 2.24) is 15.6 Å². The number of pyridine rings is 1. The number of hydrogen-bond donors (Lipinski definition) is 2. The Morgan fingerprint density at radius 1 is 1.50 bits per heavy atom. The normalized spacial score (nSPS) is 9.79. The molecule has 0 unspecified atom stereocenters. The Labute approximate surface area is 83.7 Å². The minimum atomic E-state index is 0.00557. The lowest BCUT2D eigenvalue weighted by molar-refractivity contribution is -0.119. The predicted octanol–water partition coefficient (Wildman–Crippen LogP) is -0.0403. The van der Waals surface area contributed by atoms with Crippen molar-refractivity contribution in [3.05, 3.63) is 30.1 Å². The largest absolute Gasteiger partial charge is 0.358 e. The number of aromatic nitrogens is 1. The van der Waals surface area contributed by atoms with Crippen LogP contribution in [0.15, 0.2) is 24.4 Å². The molecule has 0 atom stereocenters. The molecule has 0 aliphatic rings. The minimum absolute atomic E-state index is 0.00557. The Morgan fingerprint density at radius 2 is 2.36 bits per heavy atom. The summed E-state index contributed by atoms with van der Waals surface area (Å²) in [5.41, 5.74) is 1.04. The minimum Gasteiger partial charge on any atom is -0.358 e. The van der Waals surface area contributed by atoms with Gasteiger partial charge in [0.05, 0.1) is 6.54 Å². The third kappa shape index (κ3) is 4.00. The molecule has 0 saturated heterocycles. The second kappa shape index (κ2) is 6.10. The van der Waals surface area contributed by atoms with Crippen molar-refractivity contribution in [3.63, 3.8) is 0 Å². The van der Waals surface area contributed by atoms with Crippen LogP contribution in [0.3, 0.4) is 0 Å². The number of nitrogens with one attached hydrogen (secondary N) is 2. The van der Waals surface area contributed by atoms with E-state index >= 15 is 0 Å². The average molecular weight is 193 g/mol. The van der Waals surface area contributed by atoms with Crippen LogP contribution in [0.1, 0.15) is 5.69 Å². The van der Waals surface area contributed by atoms with Gasteiger partial charge in [0.15, 0.2) is 0 Å². The third-order valence-corrected chi connectivity index (χ3v) is 1.85. The lowest BCUT2D eigenvalue weighted by atomic mass is 10.3. The van der Waals surface area contributed by atoms with E-state index in [0.717, 1.165) is 18.7 Å². The SMILES string of the molecule is CNC(=O)CNCCc1ccccn1. The van der Waals surface area contributed by atoms with E-state index in [9.17, 15) is 4.79 Å². The van der Waals surface area contributed by atoms with Crippen molar-refractivity contribution >= 4 is 5.91 Å². The lowest BCUT2D eigenvalue weighted by Gasteiger charge is -2.02. The van der Waals surface area contributed by atoms with Gasteiger partial charge in [0, 0.05) is 31.9 Å². The van der Waals surface area contributed by atoms with E-state index in [1.54, 1.807) is 13.2 Å². The maximum atomic E-state index is 10.8. The Bertz CT molecular complexity index is 274. The molecule has 14 heavy (non-hydrogen) atoms. The number of nitrogens with zero attached hydrogens (tertiary/aromatic N) is 1. The van der Waals surface area contributed by atoms with Crippen molar-refractivity contribution in [2.45, 2.75) is 6.42 Å². The van der Waals surface area contributed by atoms with Crippen LogP contribution in [0.4, 0.5) is 0 Å². The highest BCUT2D eigenvalue weighted by Gasteiger charge is 1.96. The fourth-order valence-electron chi connectivity index (χ4n) is 1.05. The van der Waals surface area contributed by atoms with Gasteiger partial charge in [-0.25, -0.2) is 0 Å². The third-order valence-electron chi connectivity index (χ3n) is 1.85. The molecule has 4 nitrogen and oxygen atoms in total. The standard InChI is InChI=1S/C10H15N3O/c1-11-10(14)8-12-7-5-9-4-2-3-6-13-9/h2-4,6,12H,5,7-8H2,1H3,(H,11,14). The lowest BCUT2D eigenvalue weighted by Crippen LogP contribution is -2.32. The van der Waals surface area contributed by atoms with Gasteiger partial charge in [0.1, 0.15) is 0 Å². The zero-order chi connectivity index (χ0) is 10.2. The molecular formula is C10H15N3O. The van der Waals surface area contributed by atoms with E-state index in [2.05, 4.69) is 15.6 Å². The van der Waals surface area contributed by atoms with Crippen LogP contribution in [-0.2, 0) is 11.2 Å². The molecule has 0 fully saturated rings. The van der Waals surface area contributed by atoms with Crippen LogP contribution < -0.4 is 10.6 Å². The van der Waals surface area contributed by atoms with Crippen molar-refractivity contribution in [2.24, 2.45) is 0 Å². The predicted molar refractivity (Wildman–Crippen MR) is 54.9 cm³/mol. The van der Waals surface area contributed by atoms with Crippen molar-refractivity contribution in [3.8, 4) is 0 Å². The Kier molecular flexibility index (Phi) is 4.64. The van der Waals surface area contributed by atoms with Gasteiger partial charge in [-0.2, -0.15) is 0 Å². The summed E-state index contributed by atoms with van der Waals surface area (Å²) in [5, 5.41) is 5.58. The van der Waals surface area contributed by atoms with E-state index in [1.165, 1.54) is 0 Å². The van der Waals surface area contributed by atoms with Gasteiger partial charge in [0.25, 0.3) is 0 Å². The van der Waals surface area contributed by atoms with Crippen molar-refractivity contribution < 1.29 is 4.79 Å². The molecule has 0 aromatic carbocycles. The molecular weight excluding hydrogens is 178 g/mol. The number of carbonyl (C=O) groups is 1. The zero-order valence-corrected chi connectivity index (χ0v) is 8.29. The molecule has 0 saturated carbocycles. The maximum Gasteiger partial charge on any atom is 0.233 e. The highest BCUT2D eigenvalue weighted by molar-refractivity contribution is 5.77. The first kappa shape index (κ1) is 10.7. The molecule has 1 amide bonds. The molecule has 1 rings (SSSR count).